The SMILES string of the molecule is CCCCCCCCCCCCCCCCC(=O)OC[C@H](COP(=O)(O)OC[C@@H](O)COP(=O)(O)OC[C@@H](COC(=O)CCCCCCCCCCC)OC(=O)CCCCCCCCCCC)OC(=O)CCCCCCCCCCCCCCCCCCCCC(C)C. The number of carbonyl (C=O) groups excluding carboxylic acids is 4. The monoisotopic (exact) mass is 1370 g/mol. The van der Waals surface area contributed by atoms with Crippen LogP contribution in [0.3, 0.4) is 0 Å². The van der Waals surface area contributed by atoms with E-state index < -0.39 is 97.5 Å². The molecule has 0 aromatic rings. The molecule has 17 nitrogen and oxygen atoms in total. The van der Waals surface area contributed by atoms with Crippen molar-refractivity contribution in [1.82, 2.24) is 0 Å². The summed E-state index contributed by atoms with van der Waals surface area (Å²) in [5, 5.41) is 10.6. The summed E-state index contributed by atoms with van der Waals surface area (Å²) in [6.45, 7) is 7.28. The highest BCUT2D eigenvalue weighted by molar-refractivity contribution is 7.47. The second kappa shape index (κ2) is 67.3. The maximum Gasteiger partial charge on any atom is 0.472 e. The summed E-state index contributed by atoms with van der Waals surface area (Å²) in [4.78, 5) is 72.6. The lowest BCUT2D eigenvalue weighted by atomic mass is 10.0. The zero-order valence-corrected chi connectivity index (χ0v) is 62.2. The van der Waals surface area contributed by atoms with Crippen LogP contribution in [0, 0.1) is 5.92 Å². The Morgan fingerprint density at radius 1 is 0.290 bits per heavy atom. The Morgan fingerprint density at radius 3 is 0.731 bits per heavy atom. The molecule has 0 aliphatic heterocycles. The third-order valence-corrected chi connectivity index (χ3v) is 19.2. The van der Waals surface area contributed by atoms with Crippen LogP contribution < -0.4 is 0 Å². The molecular formula is C74H144O17P2. The first-order valence-corrected chi connectivity index (χ1v) is 41.6. The minimum Gasteiger partial charge on any atom is -0.462 e. The van der Waals surface area contributed by atoms with Gasteiger partial charge in [0.15, 0.2) is 12.2 Å². The van der Waals surface area contributed by atoms with Gasteiger partial charge in [0.05, 0.1) is 26.4 Å². The van der Waals surface area contributed by atoms with Crippen LogP contribution in [0.25, 0.3) is 0 Å². The molecule has 0 saturated carbocycles. The summed E-state index contributed by atoms with van der Waals surface area (Å²) in [7, 11) is -9.90. The zero-order chi connectivity index (χ0) is 68.4. The number of carbonyl (C=O) groups is 4. The van der Waals surface area contributed by atoms with Crippen molar-refractivity contribution >= 4 is 39.5 Å². The van der Waals surface area contributed by atoms with Gasteiger partial charge in [-0.3, -0.25) is 37.3 Å². The molecule has 0 amide bonds. The molecular weight excluding hydrogens is 1220 g/mol. The van der Waals surface area contributed by atoms with Gasteiger partial charge in [-0.15, -0.1) is 0 Å². The molecule has 19 heteroatoms. The van der Waals surface area contributed by atoms with Gasteiger partial charge in [-0.25, -0.2) is 9.13 Å². The summed E-state index contributed by atoms with van der Waals surface area (Å²) < 4.78 is 68.3. The number of aliphatic hydroxyl groups is 1. The third-order valence-electron chi connectivity index (χ3n) is 17.3. The molecule has 0 rings (SSSR count). The minimum absolute atomic E-state index is 0.106. The average molecular weight is 1370 g/mol. The molecule has 0 aliphatic carbocycles. The van der Waals surface area contributed by atoms with Crippen molar-refractivity contribution in [3.8, 4) is 0 Å². The highest BCUT2D eigenvalue weighted by atomic mass is 31.2. The second-order valence-electron chi connectivity index (χ2n) is 27.2. The lowest BCUT2D eigenvalue weighted by Crippen LogP contribution is -2.30. The number of rotatable bonds is 74. The fourth-order valence-electron chi connectivity index (χ4n) is 11.4. The molecule has 2 unspecified atom stereocenters. The quantitative estimate of drug-likeness (QED) is 0.0222. The van der Waals surface area contributed by atoms with Crippen molar-refractivity contribution in [2.45, 2.75) is 406 Å². The average Bonchev–Trinajstić information content (AvgIpc) is 2.24. The molecule has 0 heterocycles. The third kappa shape index (κ3) is 68.4. The van der Waals surface area contributed by atoms with Crippen LogP contribution in [0.5, 0.6) is 0 Å². The molecule has 0 spiro atoms. The first-order chi connectivity index (χ1) is 45.0. The van der Waals surface area contributed by atoms with Gasteiger partial charge in [-0.1, -0.05) is 336 Å². The van der Waals surface area contributed by atoms with Gasteiger partial charge >= 0.3 is 39.5 Å². The van der Waals surface area contributed by atoms with Crippen molar-refractivity contribution in [2.24, 2.45) is 5.92 Å². The Bertz CT molecular complexity index is 1790. The Labute approximate surface area is 568 Å². The number of hydrogen-bond donors (Lipinski definition) is 3. The molecule has 0 bridgehead atoms. The number of hydrogen-bond acceptors (Lipinski definition) is 15. The van der Waals surface area contributed by atoms with Gasteiger partial charge in [0, 0.05) is 25.7 Å². The molecule has 5 atom stereocenters. The normalized spacial score (nSPS) is 14.0. The molecule has 0 fully saturated rings. The Hall–Kier alpha value is -1.94. The van der Waals surface area contributed by atoms with E-state index in [-0.39, 0.29) is 25.7 Å². The summed E-state index contributed by atoms with van der Waals surface area (Å²) in [6, 6.07) is 0. The van der Waals surface area contributed by atoms with E-state index >= 15 is 0 Å². The minimum atomic E-state index is -4.95. The predicted molar refractivity (Wildman–Crippen MR) is 377 cm³/mol. The van der Waals surface area contributed by atoms with Gasteiger partial charge in [-0.2, -0.15) is 0 Å². The Balaban J connectivity index is 5.16. The van der Waals surface area contributed by atoms with Crippen LogP contribution in [-0.2, 0) is 65.4 Å². The van der Waals surface area contributed by atoms with Crippen molar-refractivity contribution in [3.63, 3.8) is 0 Å². The van der Waals surface area contributed by atoms with Gasteiger partial charge in [0.25, 0.3) is 0 Å². The van der Waals surface area contributed by atoms with Gasteiger partial charge < -0.3 is 33.8 Å². The lowest BCUT2D eigenvalue weighted by Gasteiger charge is -2.21. The number of ether oxygens (including phenoxy) is 4. The van der Waals surface area contributed by atoms with E-state index in [1.807, 2.05) is 0 Å². The highest BCUT2D eigenvalue weighted by Gasteiger charge is 2.30. The van der Waals surface area contributed by atoms with E-state index in [2.05, 4.69) is 34.6 Å². The van der Waals surface area contributed by atoms with Gasteiger partial charge in [0.2, 0.25) is 0 Å². The summed E-state index contributed by atoms with van der Waals surface area (Å²) in [5.74, 6) is -1.30. The van der Waals surface area contributed by atoms with Crippen LogP contribution in [0.15, 0.2) is 0 Å². The Kier molecular flexibility index (Phi) is 65.9. The second-order valence-corrected chi connectivity index (χ2v) is 30.1. The Morgan fingerprint density at radius 2 is 0.495 bits per heavy atom. The fraction of sp³-hybridized carbons (Fsp3) is 0.946. The molecule has 3 N–H and O–H groups in total. The van der Waals surface area contributed by atoms with E-state index in [1.165, 1.54) is 212 Å². The van der Waals surface area contributed by atoms with Crippen LogP contribution >= 0.6 is 15.6 Å². The van der Waals surface area contributed by atoms with Crippen molar-refractivity contribution < 1.29 is 80.2 Å². The topological polar surface area (TPSA) is 237 Å². The lowest BCUT2D eigenvalue weighted by molar-refractivity contribution is -0.161. The first-order valence-electron chi connectivity index (χ1n) is 38.6. The van der Waals surface area contributed by atoms with E-state index in [1.54, 1.807) is 0 Å². The highest BCUT2D eigenvalue weighted by Crippen LogP contribution is 2.45. The van der Waals surface area contributed by atoms with Gasteiger partial charge in [-0.05, 0) is 31.6 Å². The summed E-state index contributed by atoms with van der Waals surface area (Å²) in [5.41, 5.74) is 0. The zero-order valence-electron chi connectivity index (χ0n) is 60.4. The summed E-state index contributed by atoms with van der Waals surface area (Å²) in [6.07, 6.45) is 55.6. The van der Waals surface area contributed by atoms with E-state index in [0.29, 0.717) is 25.7 Å². The number of aliphatic hydroxyl groups excluding tert-OH is 1. The van der Waals surface area contributed by atoms with E-state index in [0.717, 1.165) is 95.8 Å². The first kappa shape index (κ1) is 91.1. The largest absolute Gasteiger partial charge is 0.472 e. The maximum absolute atomic E-state index is 13.1. The molecule has 0 saturated heterocycles. The van der Waals surface area contributed by atoms with Crippen molar-refractivity contribution in [2.75, 3.05) is 39.6 Å². The predicted octanol–water partition coefficient (Wildman–Crippen LogP) is 21.7. The molecule has 0 aliphatic rings. The van der Waals surface area contributed by atoms with Crippen LogP contribution in [-0.4, -0.2) is 96.7 Å². The molecule has 0 aromatic carbocycles. The number of esters is 4. The molecule has 0 radical (unpaired) electrons. The summed E-state index contributed by atoms with van der Waals surface area (Å²) >= 11 is 0. The van der Waals surface area contributed by atoms with Crippen LogP contribution in [0.1, 0.15) is 388 Å². The maximum atomic E-state index is 13.1. The van der Waals surface area contributed by atoms with E-state index in [9.17, 15) is 43.2 Å². The smallest absolute Gasteiger partial charge is 0.462 e. The molecule has 93 heavy (non-hydrogen) atoms. The number of phosphoric ester groups is 2. The van der Waals surface area contributed by atoms with E-state index in [4.69, 9.17) is 37.0 Å². The number of unbranched alkanes of at least 4 members (excludes halogenated alkanes) is 46. The standard InChI is InChI=1S/C74H144O17P2/c1-6-9-12-15-18-21-22-23-31-34-39-43-48-53-58-72(77)85-64-70(91-74(79)60-55-50-45-40-35-32-29-27-25-24-26-28-30-33-38-41-46-51-56-67(4)5)66-89-93(82,83)87-62-68(75)61-86-92(80,81)88-65-69(90-73(78)59-54-49-44-37-20-17-14-11-8-3)63-84-71(76)57-52-47-42-36-19-16-13-10-7-2/h67-70,75H,6-66H2,1-5H3,(H,80,81)(H,82,83)/t68-,69+,70+/m0/s1. The fourth-order valence-corrected chi connectivity index (χ4v) is 12.9. The van der Waals surface area contributed by atoms with Crippen LogP contribution in [0.4, 0.5) is 0 Å². The van der Waals surface area contributed by atoms with Crippen molar-refractivity contribution in [1.29, 1.82) is 0 Å². The number of phosphoric acid groups is 2. The molecule has 552 valence electrons. The van der Waals surface area contributed by atoms with Crippen molar-refractivity contribution in [3.05, 3.63) is 0 Å². The molecule has 0 aromatic heterocycles. The van der Waals surface area contributed by atoms with Crippen LogP contribution in [0.2, 0.25) is 0 Å². The van der Waals surface area contributed by atoms with Gasteiger partial charge in [0.1, 0.15) is 19.3 Å².